The molecule has 1 saturated carbocycles. The van der Waals surface area contributed by atoms with E-state index in [0.717, 1.165) is 11.1 Å². The lowest BCUT2D eigenvalue weighted by Gasteiger charge is -2.38. The number of aliphatic hydroxyl groups is 1. The van der Waals surface area contributed by atoms with Gasteiger partial charge in [0.25, 0.3) is 0 Å². The molecule has 0 spiro atoms. The Labute approximate surface area is 164 Å². The van der Waals surface area contributed by atoms with Crippen LogP contribution in [0.1, 0.15) is 24.5 Å². The second kappa shape index (κ2) is 9.59. The maximum Gasteiger partial charge on any atom is 0.303 e. The minimum absolute atomic E-state index is 0.150. The van der Waals surface area contributed by atoms with E-state index in [0.29, 0.717) is 0 Å². The quantitative estimate of drug-likeness (QED) is 0.739. The summed E-state index contributed by atoms with van der Waals surface area (Å²) in [7, 11) is 0. The molecule has 148 valence electrons. The van der Waals surface area contributed by atoms with Crippen LogP contribution in [0, 0.1) is 0 Å². The van der Waals surface area contributed by atoms with Gasteiger partial charge in [0.2, 0.25) is 0 Å². The van der Waals surface area contributed by atoms with Crippen molar-refractivity contribution in [2.75, 3.05) is 0 Å². The largest absolute Gasteiger partial charge is 0.452 e. The first-order chi connectivity index (χ1) is 13.5. The molecule has 1 aliphatic carbocycles. The normalized spacial score (nSPS) is 24.7. The summed E-state index contributed by atoms with van der Waals surface area (Å²) >= 11 is 0. The third-order valence-corrected chi connectivity index (χ3v) is 4.59. The van der Waals surface area contributed by atoms with E-state index < -0.39 is 30.4 Å². The van der Waals surface area contributed by atoms with E-state index in [2.05, 4.69) is 0 Å². The van der Waals surface area contributed by atoms with Crippen LogP contribution in [0.2, 0.25) is 0 Å². The fourth-order valence-corrected chi connectivity index (χ4v) is 3.25. The molecule has 0 saturated heterocycles. The Bertz CT molecular complexity index is 776. The number of hydrogen-bond donors (Lipinski definition) is 1. The van der Waals surface area contributed by atoms with Crippen molar-refractivity contribution in [1.29, 1.82) is 0 Å². The molecule has 4 atom stereocenters. The molecule has 1 aliphatic rings. The third-order valence-electron chi connectivity index (χ3n) is 4.59. The number of carbonyl (C=O) groups excluding carboxylic acids is 2. The monoisotopic (exact) mass is 384 g/mol. The Hall–Kier alpha value is -2.54. The first-order valence-corrected chi connectivity index (χ1v) is 9.23. The van der Waals surface area contributed by atoms with Gasteiger partial charge in [-0.05, 0) is 11.1 Å². The average Bonchev–Trinajstić information content (AvgIpc) is 2.69. The predicted molar refractivity (Wildman–Crippen MR) is 101 cm³/mol. The fraction of sp³-hybridized carbons (Fsp3) is 0.364. The van der Waals surface area contributed by atoms with Gasteiger partial charge in [-0.15, -0.1) is 0 Å². The summed E-state index contributed by atoms with van der Waals surface area (Å²) in [5.74, 6) is -0.954. The first-order valence-electron chi connectivity index (χ1n) is 9.23. The molecule has 2 aromatic carbocycles. The molecular weight excluding hydrogens is 360 g/mol. The van der Waals surface area contributed by atoms with E-state index in [1.807, 2.05) is 60.7 Å². The van der Waals surface area contributed by atoms with Crippen molar-refractivity contribution < 1.29 is 28.9 Å². The van der Waals surface area contributed by atoms with Gasteiger partial charge in [-0.1, -0.05) is 60.7 Å². The number of rotatable bonds is 7. The number of hydrogen-bond acceptors (Lipinski definition) is 6. The summed E-state index contributed by atoms with van der Waals surface area (Å²) in [6.07, 6.45) is -3.99. The van der Waals surface area contributed by atoms with E-state index in [-0.39, 0.29) is 25.4 Å². The highest BCUT2D eigenvalue weighted by Gasteiger charge is 2.47. The standard InChI is InChI=1S/C22H24O6/c1-15(23)28-21-19(25)12-18(24)20(26-13-16-8-4-2-5-9-16)22(21)27-14-17-10-6-3-7-11-17/h2-11,18,20-22,24H,12-14H2,1H3/t18-,20-,21+,22+/m0/s1. The Morgan fingerprint density at radius 3 is 1.93 bits per heavy atom. The Balaban J connectivity index is 1.77. The van der Waals surface area contributed by atoms with Crippen molar-refractivity contribution in [2.24, 2.45) is 0 Å². The molecule has 0 radical (unpaired) electrons. The zero-order valence-corrected chi connectivity index (χ0v) is 15.7. The van der Waals surface area contributed by atoms with Gasteiger partial charge < -0.3 is 19.3 Å². The number of carbonyl (C=O) groups is 2. The SMILES string of the molecule is CC(=O)O[C@@H]1C(=O)C[C@H](O)[C@H](OCc2ccccc2)[C@H]1OCc1ccccc1. The van der Waals surface area contributed by atoms with Gasteiger partial charge in [-0.3, -0.25) is 9.59 Å². The molecule has 1 N–H and O–H groups in total. The molecule has 3 rings (SSSR count). The van der Waals surface area contributed by atoms with Gasteiger partial charge in [0.05, 0.1) is 19.3 Å². The number of ketones is 1. The fourth-order valence-electron chi connectivity index (χ4n) is 3.25. The summed E-state index contributed by atoms with van der Waals surface area (Å²) < 4.78 is 17.1. The molecule has 0 amide bonds. The van der Waals surface area contributed by atoms with Crippen LogP contribution in [0.4, 0.5) is 0 Å². The second-order valence-electron chi connectivity index (χ2n) is 6.79. The van der Waals surface area contributed by atoms with Gasteiger partial charge in [0, 0.05) is 13.3 Å². The molecule has 6 heteroatoms. The lowest BCUT2D eigenvalue weighted by atomic mass is 9.88. The van der Waals surface area contributed by atoms with Crippen molar-refractivity contribution in [3.8, 4) is 0 Å². The summed E-state index contributed by atoms with van der Waals surface area (Å²) in [5.41, 5.74) is 1.83. The van der Waals surface area contributed by atoms with Gasteiger partial charge in [-0.2, -0.15) is 0 Å². The molecule has 2 aromatic rings. The first kappa shape index (κ1) is 20.2. The lowest BCUT2D eigenvalue weighted by molar-refractivity contribution is -0.202. The van der Waals surface area contributed by atoms with Crippen molar-refractivity contribution in [1.82, 2.24) is 0 Å². The van der Waals surface area contributed by atoms with E-state index in [9.17, 15) is 14.7 Å². The Kier molecular flexibility index (Phi) is 6.92. The van der Waals surface area contributed by atoms with Gasteiger partial charge in [-0.25, -0.2) is 0 Å². The highest BCUT2D eigenvalue weighted by molar-refractivity contribution is 5.87. The highest BCUT2D eigenvalue weighted by Crippen LogP contribution is 2.27. The summed E-state index contributed by atoms with van der Waals surface area (Å²) in [4.78, 5) is 23.9. The van der Waals surface area contributed by atoms with Gasteiger partial charge >= 0.3 is 5.97 Å². The van der Waals surface area contributed by atoms with Crippen LogP contribution in [0.5, 0.6) is 0 Å². The molecule has 28 heavy (non-hydrogen) atoms. The number of esters is 1. The molecule has 0 bridgehead atoms. The number of Topliss-reactive ketones (excluding diaryl/α,β-unsaturated/α-hetero) is 1. The maximum absolute atomic E-state index is 12.4. The van der Waals surface area contributed by atoms with Crippen LogP contribution in [0.15, 0.2) is 60.7 Å². The van der Waals surface area contributed by atoms with E-state index in [4.69, 9.17) is 14.2 Å². The predicted octanol–water partition coefficient (Wildman–Crippen LogP) is 2.42. The number of benzene rings is 2. The van der Waals surface area contributed by atoms with Crippen molar-refractivity contribution in [2.45, 2.75) is 51.0 Å². The molecule has 6 nitrogen and oxygen atoms in total. The van der Waals surface area contributed by atoms with Crippen LogP contribution in [-0.4, -0.2) is 41.3 Å². The van der Waals surface area contributed by atoms with Crippen LogP contribution in [-0.2, 0) is 37.0 Å². The topological polar surface area (TPSA) is 82.1 Å². The number of aliphatic hydroxyl groups excluding tert-OH is 1. The van der Waals surface area contributed by atoms with Crippen molar-refractivity contribution in [3.63, 3.8) is 0 Å². The minimum Gasteiger partial charge on any atom is -0.452 e. The van der Waals surface area contributed by atoms with E-state index >= 15 is 0 Å². The van der Waals surface area contributed by atoms with Crippen molar-refractivity contribution >= 4 is 11.8 Å². The number of ether oxygens (including phenoxy) is 3. The van der Waals surface area contributed by atoms with Crippen molar-refractivity contribution in [3.05, 3.63) is 71.8 Å². The van der Waals surface area contributed by atoms with E-state index in [1.54, 1.807) is 0 Å². The zero-order chi connectivity index (χ0) is 19.9. The Morgan fingerprint density at radius 2 is 1.43 bits per heavy atom. The maximum atomic E-state index is 12.4. The zero-order valence-electron chi connectivity index (χ0n) is 15.7. The second-order valence-corrected chi connectivity index (χ2v) is 6.79. The average molecular weight is 384 g/mol. The smallest absolute Gasteiger partial charge is 0.303 e. The highest BCUT2D eigenvalue weighted by atomic mass is 16.6. The molecule has 0 aromatic heterocycles. The molecule has 0 unspecified atom stereocenters. The summed E-state index contributed by atoms with van der Waals surface area (Å²) in [6.45, 7) is 1.69. The molecule has 0 aliphatic heterocycles. The minimum atomic E-state index is -1.11. The third kappa shape index (κ3) is 5.25. The molecule has 1 fully saturated rings. The summed E-state index contributed by atoms with van der Waals surface area (Å²) in [5, 5.41) is 10.5. The van der Waals surface area contributed by atoms with Crippen LogP contribution < -0.4 is 0 Å². The van der Waals surface area contributed by atoms with Crippen LogP contribution in [0.25, 0.3) is 0 Å². The van der Waals surface area contributed by atoms with E-state index in [1.165, 1.54) is 6.92 Å². The lowest BCUT2D eigenvalue weighted by Crippen LogP contribution is -2.57. The molecular formula is C22H24O6. The molecule has 0 heterocycles. The summed E-state index contributed by atoms with van der Waals surface area (Å²) in [6, 6.07) is 18.9. The van der Waals surface area contributed by atoms with Gasteiger partial charge in [0.1, 0.15) is 12.2 Å². The van der Waals surface area contributed by atoms with Crippen LogP contribution >= 0.6 is 0 Å². The van der Waals surface area contributed by atoms with Gasteiger partial charge in [0.15, 0.2) is 11.9 Å². The Morgan fingerprint density at radius 1 is 0.929 bits per heavy atom. The van der Waals surface area contributed by atoms with Crippen LogP contribution in [0.3, 0.4) is 0 Å².